The van der Waals surface area contributed by atoms with Crippen LogP contribution in [0.25, 0.3) is 88.3 Å². The molecule has 1 atom stereocenters. The Hall–Kier alpha value is -7.02. The molecule has 9 aromatic carbocycles. The van der Waals surface area contributed by atoms with Gasteiger partial charge in [-0.1, -0.05) is 194 Å². The van der Waals surface area contributed by atoms with E-state index < -0.39 is 0 Å². The van der Waals surface area contributed by atoms with Crippen molar-refractivity contribution in [1.29, 1.82) is 0 Å². The van der Waals surface area contributed by atoms with Crippen molar-refractivity contribution in [1.82, 2.24) is 0 Å². The Kier molecular flexibility index (Phi) is 8.20. The summed E-state index contributed by atoms with van der Waals surface area (Å²) in [6, 6.07) is 64.8. The second kappa shape index (κ2) is 13.8. The van der Waals surface area contributed by atoms with Crippen molar-refractivity contribution in [3.63, 3.8) is 0 Å². The minimum Gasteiger partial charge on any atom is -0.0833 e. The third-order valence-electron chi connectivity index (χ3n) is 16.5. The van der Waals surface area contributed by atoms with Gasteiger partial charge in [0.25, 0.3) is 0 Å². The third kappa shape index (κ3) is 5.28. The summed E-state index contributed by atoms with van der Waals surface area (Å²) in [5.41, 5.74) is 27.0. The van der Waals surface area contributed by atoms with E-state index in [1.54, 1.807) is 0 Å². The predicted molar refractivity (Wildman–Crippen MR) is 281 cm³/mol. The van der Waals surface area contributed by atoms with E-state index in [4.69, 9.17) is 0 Å². The van der Waals surface area contributed by atoms with Gasteiger partial charge in [0.15, 0.2) is 0 Å². The Morgan fingerprint density at radius 2 is 0.742 bits per heavy atom. The molecule has 0 radical (unpaired) electrons. The topological polar surface area (TPSA) is 0 Å². The Morgan fingerprint density at radius 1 is 0.348 bits per heavy atom. The van der Waals surface area contributed by atoms with Gasteiger partial charge >= 0.3 is 0 Å². The molecule has 0 heteroatoms. The summed E-state index contributed by atoms with van der Waals surface area (Å²) in [5, 5.41) is 5.33. The van der Waals surface area contributed by atoms with Crippen molar-refractivity contribution in [3.8, 4) is 55.6 Å². The van der Waals surface area contributed by atoms with E-state index in [9.17, 15) is 0 Å². The van der Waals surface area contributed by atoms with Gasteiger partial charge in [0.1, 0.15) is 0 Å². The molecule has 0 N–H and O–H groups in total. The maximum Gasteiger partial charge on any atom is 0.0159 e. The van der Waals surface area contributed by atoms with Gasteiger partial charge in [0, 0.05) is 16.2 Å². The largest absolute Gasteiger partial charge is 0.0833 e. The van der Waals surface area contributed by atoms with Crippen molar-refractivity contribution in [2.75, 3.05) is 0 Å². The minimum absolute atomic E-state index is 0.187. The lowest BCUT2D eigenvalue weighted by Gasteiger charge is -2.27. The van der Waals surface area contributed by atoms with Gasteiger partial charge in [-0.05, 0) is 182 Å². The van der Waals surface area contributed by atoms with Gasteiger partial charge in [-0.25, -0.2) is 0 Å². The van der Waals surface area contributed by atoms with Crippen molar-refractivity contribution in [2.24, 2.45) is 5.92 Å². The van der Waals surface area contributed by atoms with E-state index in [1.165, 1.54) is 133 Å². The average Bonchev–Trinajstić information content (AvgIpc) is 3.81. The molecule has 9 aromatic rings. The summed E-state index contributed by atoms with van der Waals surface area (Å²) < 4.78 is 0. The number of benzene rings is 9. The average molecular weight is 847 g/mol. The molecule has 4 aliphatic carbocycles. The predicted octanol–water partition coefficient (Wildman–Crippen LogP) is 17.8. The molecule has 0 saturated carbocycles. The maximum atomic E-state index is 2.61. The lowest BCUT2D eigenvalue weighted by atomic mass is 9.77. The molecule has 1 unspecified atom stereocenters. The number of allylic oxidation sites excluding steroid dienone is 4. The van der Waals surface area contributed by atoms with Gasteiger partial charge in [0.2, 0.25) is 0 Å². The molecular formula is C66H54. The number of fused-ring (bicyclic) bond motifs is 13. The molecule has 4 aliphatic rings. The van der Waals surface area contributed by atoms with Crippen molar-refractivity contribution < 1.29 is 0 Å². The Balaban J connectivity index is 0.990. The van der Waals surface area contributed by atoms with Crippen molar-refractivity contribution >= 4 is 32.7 Å². The molecule has 66 heavy (non-hydrogen) atoms. The number of hydrogen-bond donors (Lipinski definition) is 0. The first-order chi connectivity index (χ1) is 31.9. The van der Waals surface area contributed by atoms with E-state index in [0.29, 0.717) is 5.92 Å². The fourth-order valence-electron chi connectivity index (χ4n) is 13.1. The Bertz CT molecular complexity index is 3620. The molecular weight excluding hydrogens is 793 g/mol. The van der Waals surface area contributed by atoms with Gasteiger partial charge in [-0.2, -0.15) is 0 Å². The minimum atomic E-state index is -0.201. The summed E-state index contributed by atoms with van der Waals surface area (Å²) in [4.78, 5) is 0. The van der Waals surface area contributed by atoms with Gasteiger partial charge in [-0.3, -0.25) is 0 Å². The third-order valence-corrected chi connectivity index (χ3v) is 16.5. The van der Waals surface area contributed by atoms with Crippen LogP contribution in [0.2, 0.25) is 0 Å². The molecule has 318 valence electrons. The highest BCUT2D eigenvalue weighted by Gasteiger charge is 2.46. The lowest BCUT2D eigenvalue weighted by Crippen LogP contribution is -2.17. The van der Waals surface area contributed by atoms with Crippen LogP contribution in [-0.2, 0) is 16.2 Å². The maximum absolute atomic E-state index is 2.61. The summed E-state index contributed by atoms with van der Waals surface area (Å²) in [5.74, 6) is 0.436. The molecule has 13 rings (SSSR count). The molecule has 0 nitrogen and oxygen atoms in total. The molecule has 0 aromatic heterocycles. The van der Waals surface area contributed by atoms with Crippen LogP contribution in [0.15, 0.2) is 182 Å². The van der Waals surface area contributed by atoms with E-state index in [0.717, 1.165) is 6.42 Å². The fourth-order valence-corrected chi connectivity index (χ4v) is 13.1. The second-order valence-electron chi connectivity index (χ2n) is 21.2. The fraction of sp³-hybridized carbons (Fsp3) is 0.182. The first-order valence-corrected chi connectivity index (χ1v) is 24.1. The molecule has 0 spiro atoms. The SMILES string of the molecule is CC1CC=CC(c2cc3c(c4ccccc24)-c2cc4c(cc2C3(C)C)-c2cc3c(cc2C4(C)C)-c2c(cc(-c4ccccc4-c4ccccc4)c4ccccc24)C3(C)C)=C1c1ccccc1. The van der Waals surface area contributed by atoms with Crippen LogP contribution in [-0.4, -0.2) is 0 Å². The smallest absolute Gasteiger partial charge is 0.0159 e. The number of hydrogen-bond acceptors (Lipinski definition) is 0. The van der Waals surface area contributed by atoms with E-state index >= 15 is 0 Å². The summed E-state index contributed by atoms with van der Waals surface area (Å²) in [6.45, 7) is 17.2. The van der Waals surface area contributed by atoms with Gasteiger partial charge in [0.05, 0.1) is 0 Å². The summed E-state index contributed by atoms with van der Waals surface area (Å²) in [7, 11) is 0. The zero-order chi connectivity index (χ0) is 44.9. The van der Waals surface area contributed by atoms with Gasteiger partial charge < -0.3 is 0 Å². The molecule has 0 heterocycles. The number of rotatable bonds is 4. The molecule has 0 saturated heterocycles. The standard InChI is InChI=1S/C66H54/c1-39-21-20-32-48(61(39)41-24-12-9-13-25-41)50-34-60-63(47-31-19-17-29-45(47)50)54-38-56-52(36-58(54)66(60,6)7)51-35-57-53(37-55(51)64(56,2)3)62-46-30-18-16-28-44(46)49(33-59(62)65(57,4)5)43-27-15-14-26-42(43)40-22-10-8-11-23-40/h8-20,22-39H,21H2,1-7H3. The molecule has 0 aliphatic heterocycles. The lowest BCUT2D eigenvalue weighted by molar-refractivity contribution is 0.649. The van der Waals surface area contributed by atoms with Crippen LogP contribution in [0.5, 0.6) is 0 Å². The van der Waals surface area contributed by atoms with Crippen molar-refractivity contribution in [2.45, 2.75) is 71.1 Å². The zero-order valence-electron chi connectivity index (χ0n) is 39.1. The molecule has 0 amide bonds. The normalized spacial score (nSPS) is 17.7. The zero-order valence-corrected chi connectivity index (χ0v) is 39.1. The van der Waals surface area contributed by atoms with E-state index in [2.05, 4.69) is 230 Å². The van der Waals surface area contributed by atoms with Crippen LogP contribution in [0.3, 0.4) is 0 Å². The van der Waals surface area contributed by atoms with Crippen LogP contribution < -0.4 is 0 Å². The monoisotopic (exact) mass is 846 g/mol. The van der Waals surface area contributed by atoms with Crippen LogP contribution in [0.1, 0.15) is 99.4 Å². The molecule has 0 bridgehead atoms. The summed E-state index contributed by atoms with van der Waals surface area (Å²) >= 11 is 0. The van der Waals surface area contributed by atoms with E-state index in [1.807, 2.05) is 0 Å². The second-order valence-corrected chi connectivity index (χ2v) is 21.2. The highest BCUT2D eigenvalue weighted by Crippen LogP contribution is 2.62. The highest BCUT2D eigenvalue weighted by molar-refractivity contribution is 6.13. The first kappa shape index (κ1) is 39.4. The summed E-state index contributed by atoms with van der Waals surface area (Å²) in [6.07, 6.45) is 5.86. The quantitative estimate of drug-likeness (QED) is 0.166. The molecule has 0 fully saturated rings. The van der Waals surface area contributed by atoms with Crippen LogP contribution in [0.4, 0.5) is 0 Å². The van der Waals surface area contributed by atoms with Crippen molar-refractivity contribution in [3.05, 3.63) is 227 Å². The van der Waals surface area contributed by atoms with Crippen LogP contribution in [0, 0.1) is 5.92 Å². The highest BCUT2D eigenvalue weighted by atomic mass is 14.5. The van der Waals surface area contributed by atoms with Gasteiger partial charge in [-0.15, -0.1) is 0 Å². The Morgan fingerprint density at radius 3 is 1.30 bits per heavy atom. The first-order valence-electron chi connectivity index (χ1n) is 24.1. The van der Waals surface area contributed by atoms with Crippen LogP contribution >= 0.6 is 0 Å². The Labute approximate surface area is 390 Å². The van der Waals surface area contributed by atoms with E-state index in [-0.39, 0.29) is 16.2 Å².